The summed E-state index contributed by atoms with van der Waals surface area (Å²) in [5.41, 5.74) is 7.31. The summed E-state index contributed by atoms with van der Waals surface area (Å²) in [4.78, 5) is 14.5. The van der Waals surface area contributed by atoms with E-state index in [0.29, 0.717) is 5.82 Å². The second-order valence-corrected chi connectivity index (χ2v) is 12.0. The van der Waals surface area contributed by atoms with Crippen molar-refractivity contribution in [3.8, 4) is 39.7 Å². The lowest BCUT2D eigenvalue weighted by atomic mass is 10.0. The van der Waals surface area contributed by atoms with E-state index in [1.807, 2.05) is 47.7 Å². The number of hydrogen-bond donors (Lipinski definition) is 0. The maximum Gasteiger partial charge on any atom is 0.178 e. The third-order valence-electron chi connectivity index (χ3n) is 8.30. The van der Waals surface area contributed by atoms with Crippen molar-refractivity contribution in [2.24, 2.45) is 0 Å². The van der Waals surface area contributed by atoms with Gasteiger partial charge in [-0.3, -0.25) is 4.57 Å². The molecule has 0 radical (unpaired) electrons. The Balaban J connectivity index is 1.18. The molecular formula is C39H24N4S. The average Bonchev–Trinajstić information content (AvgIpc) is 3.64. The molecule has 0 aliphatic carbocycles. The second-order valence-electron chi connectivity index (χ2n) is 10.9. The minimum absolute atomic E-state index is 0.604. The van der Waals surface area contributed by atoms with Crippen LogP contribution in [0.4, 0.5) is 0 Å². The molecule has 4 aromatic heterocycles. The van der Waals surface area contributed by atoms with E-state index >= 15 is 0 Å². The fourth-order valence-corrected chi connectivity index (χ4v) is 7.32. The molecule has 4 heterocycles. The van der Waals surface area contributed by atoms with Gasteiger partial charge in [0.1, 0.15) is 11.5 Å². The van der Waals surface area contributed by atoms with Gasteiger partial charge in [0.05, 0.1) is 16.7 Å². The van der Waals surface area contributed by atoms with Crippen LogP contribution in [0, 0.1) is 0 Å². The minimum Gasteiger partial charge on any atom is -0.294 e. The number of benzene rings is 5. The van der Waals surface area contributed by atoms with Gasteiger partial charge in [0, 0.05) is 42.7 Å². The average molecular weight is 581 g/mol. The zero-order valence-electron chi connectivity index (χ0n) is 23.6. The van der Waals surface area contributed by atoms with Crippen molar-refractivity contribution in [2.45, 2.75) is 0 Å². The van der Waals surface area contributed by atoms with Crippen LogP contribution in [0.25, 0.3) is 81.7 Å². The standard InChI is InChI=1S/C39H24N4S/c1-2-9-25(10-3-1)32-21-22-40-39(42-32)33-13-8-16-38(41-33)43-34-14-6-4-11-28(34)30-23-26(17-19-35(30)43)27-18-20-37-31(24-27)29-12-5-7-15-36(29)44-37/h1-24H. The molecule has 206 valence electrons. The van der Waals surface area contributed by atoms with E-state index < -0.39 is 0 Å². The van der Waals surface area contributed by atoms with Gasteiger partial charge in [0.2, 0.25) is 0 Å². The lowest BCUT2D eigenvalue weighted by Gasteiger charge is -2.10. The van der Waals surface area contributed by atoms with Crippen molar-refractivity contribution in [1.29, 1.82) is 0 Å². The van der Waals surface area contributed by atoms with E-state index in [9.17, 15) is 0 Å². The van der Waals surface area contributed by atoms with Crippen LogP contribution in [0.15, 0.2) is 146 Å². The van der Waals surface area contributed by atoms with Gasteiger partial charge in [-0.05, 0) is 65.7 Å². The van der Waals surface area contributed by atoms with E-state index in [1.54, 1.807) is 6.20 Å². The second kappa shape index (κ2) is 9.97. The third kappa shape index (κ3) is 4.02. The molecule has 0 aliphatic rings. The molecular weight excluding hydrogens is 557 g/mol. The van der Waals surface area contributed by atoms with Crippen molar-refractivity contribution >= 4 is 53.3 Å². The first-order chi connectivity index (χ1) is 21.8. The van der Waals surface area contributed by atoms with Crippen LogP contribution in [0.2, 0.25) is 0 Å². The van der Waals surface area contributed by atoms with Gasteiger partial charge in [-0.25, -0.2) is 15.0 Å². The van der Waals surface area contributed by atoms with Gasteiger partial charge < -0.3 is 0 Å². The molecule has 4 nitrogen and oxygen atoms in total. The number of nitrogens with zero attached hydrogens (tertiary/aromatic N) is 4. The van der Waals surface area contributed by atoms with E-state index in [1.165, 1.54) is 42.1 Å². The summed E-state index contributed by atoms with van der Waals surface area (Å²) in [5, 5.41) is 5.02. The fraction of sp³-hybridized carbons (Fsp3) is 0. The topological polar surface area (TPSA) is 43.6 Å². The first-order valence-electron chi connectivity index (χ1n) is 14.6. The van der Waals surface area contributed by atoms with E-state index in [2.05, 4.69) is 113 Å². The van der Waals surface area contributed by atoms with Crippen molar-refractivity contribution < 1.29 is 0 Å². The number of hydrogen-bond acceptors (Lipinski definition) is 4. The lowest BCUT2D eigenvalue weighted by Crippen LogP contribution is -2.00. The van der Waals surface area contributed by atoms with Crippen molar-refractivity contribution in [3.63, 3.8) is 0 Å². The first kappa shape index (κ1) is 24.9. The Morgan fingerprint density at radius 1 is 0.455 bits per heavy atom. The molecule has 5 heteroatoms. The summed E-state index contributed by atoms with van der Waals surface area (Å²) in [6.07, 6.45) is 1.80. The molecule has 44 heavy (non-hydrogen) atoms. The summed E-state index contributed by atoms with van der Waals surface area (Å²) in [6, 6.07) is 49.0. The molecule has 0 atom stereocenters. The quantitative estimate of drug-likeness (QED) is 0.208. The number of para-hydroxylation sites is 1. The normalized spacial score (nSPS) is 11.6. The SMILES string of the molecule is c1ccc(-c2ccnc(-c3cccc(-n4c5ccccc5c5cc(-c6ccc7sc8ccccc8c7c6)ccc54)n3)n2)cc1. The Kier molecular flexibility index (Phi) is 5.64. The molecule has 0 N–H and O–H groups in total. The number of thiophene rings is 1. The Morgan fingerprint density at radius 2 is 1.18 bits per heavy atom. The van der Waals surface area contributed by atoms with Crippen LogP contribution in [0.3, 0.4) is 0 Å². The largest absolute Gasteiger partial charge is 0.294 e. The highest BCUT2D eigenvalue weighted by atomic mass is 32.1. The molecule has 0 amide bonds. The Morgan fingerprint density at radius 3 is 2.09 bits per heavy atom. The van der Waals surface area contributed by atoms with Gasteiger partial charge in [0.25, 0.3) is 0 Å². The summed E-state index contributed by atoms with van der Waals surface area (Å²) in [6.45, 7) is 0. The Labute approximate surface area is 257 Å². The van der Waals surface area contributed by atoms with Gasteiger partial charge in [-0.1, -0.05) is 84.9 Å². The number of fused-ring (bicyclic) bond motifs is 6. The molecule has 0 fully saturated rings. The van der Waals surface area contributed by atoms with Crippen LogP contribution in [-0.2, 0) is 0 Å². The summed E-state index contributed by atoms with van der Waals surface area (Å²) >= 11 is 1.85. The van der Waals surface area contributed by atoms with E-state index in [4.69, 9.17) is 9.97 Å². The predicted molar refractivity (Wildman–Crippen MR) is 183 cm³/mol. The van der Waals surface area contributed by atoms with Crippen LogP contribution in [0.1, 0.15) is 0 Å². The molecule has 0 spiro atoms. The van der Waals surface area contributed by atoms with Gasteiger partial charge >= 0.3 is 0 Å². The highest BCUT2D eigenvalue weighted by molar-refractivity contribution is 7.25. The fourth-order valence-electron chi connectivity index (χ4n) is 6.23. The molecule has 0 aliphatic heterocycles. The minimum atomic E-state index is 0.604. The van der Waals surface area contributed by atoms with E-state index in [0.717, 1.165) is 33.8 Å². The maximum atomic E-state index is 5.10. The zero-order valence-corrected chi connectivity index (χ0v) is 24.4. The molecule has 0 bridgehead atoms. The van der Waals surface area contributed by atoms with Crippen molar-refractivity contribution in [2.75, 3.05) is 0 Å². The smallest absolute Gasteiger partial charge is 0.178 e. The molecule has 0 saturated heterocycles. The summed E-state index contributed by atoms with van der Waals surface area (Å²) < 4.78 is 4.89. The molecule has 9 rings (SSSR count). The monoisotopic (exact) mass is 580 g/mol. The lowest BCUT2D eigenvalue weighted by molar-refractivity contribution is 1.06. The molecule has 0 saturated carbocycles. The Bertz CT molecular complexity index is 2510. The first-order valence-corrected chi connectivity index (χ1v) is 15.4. The van der Waals surface area contributed by atoms with Crippen molar-refractivity contribution in [1.82, 2.24) is 19.5 Å². The summed E-state index contributed by atoms with van der Waals surface area (Å²) in [5.74, 6) is 1.44. The molecule has 5 aromatic carbocycles. The Hall–Kier alpha value is -5.65. The van der Waals surface area contributed by atoms with Crippen LogP contribution >= 0.6 is 11.3 Å². The highest BCUT2D eigenvalue weighted by Gasteiger charge is 2.16. The van der Waals surface area contributed by atoms with Crippen LogP contribution < -0.4 is 0 Å². The summed E-state index contributed by atoms with van der Waals surface area (Å²) in [7, 11) is 0. The number of aromatic nitrogens is 4. The predicted octanol–water partition coefficient (Wildman–Crippen LogP) is 10.3. The van der Waals surface area contributed by atoms with Gasteiger partial charge in [-0.15, -0.1) is 11.3 Å². The molecule has 9 aromatic rings. The van der Waals surface area contributed by atoms with E-state index in [-0.39, 0.29) is 0 Å². The number of rotatable bonds is 4. The van der Waals surface area contributed by atoms with Gasteiger partial charge in [0.15, 0.2) is 5.82 Å². The highest BCUT2D eigenvalue weighted by Crippen LogP contribution is 2.38. The zero-order chi connectivity index (χ0) is 29.0. The van der Waals surface area contributed by atoms with Crippen molar-refractivity contribution in [3.05, 3.63) is 146 Å². The van der Waals surface area contributed by atoms with Gasteiger partial charge in [-0.2, -0.15) is 0 Å². The maximum absolute atomic E-state index is 5.10. The van der Waals surface area contributed by atoms with Crippen LogP contribution in [-0.4, -0.2) is 19.5 Å². The van der Waals surface area contributed by atoms with Crippen LogP contribution in [0.5, 0.6) is 0 Å². The third-order valence-corrected chi connectivity index (χ3v) is 9.45. The molecule has 0 unspecified atom stereocenters. The number of pyridine rings is 1.